The lowest BCUT2D eigenvalue weighted by molar-refractivity contribution is 1.08. The first-order valence-corrected chi connectivity index (χ1v) is 14.8. The number of hydrogen-bond acceptors (Lipinski definition) is 1. The van der Waals surface area contributed by atoms with Crippen LogP contribution in [0, 0.1) is 0 Å². The quantitative estimate of drug-likeness (QED) is 0.156. The molecule has 2 aromatic heterocycles. The average Bonchev–Trinajstić information content (AvgIpc) is 3.42. The Morgan fingerprint density at radius 3 is 1.42 bits per heavy atom. The Morgan fingerprint density at radius 1 is 0.349 bits per heavy atom. The molecule has 0 radical (unpaired) electrons. The molecule has 43 heavy (non-hydrogen) atoms. The highest BCUT2D eigenvalue weighted by Gasteiger charge is 2.18. The Morgan fingerprint density at radius 2 is 0.814 bits per heavy atom. The molecule has 0 saturated carbocycles. The van der Waals surface area contributed by atoms with Gasteiger partial charge in [0.05, 0.1) is 16.7 Å². The van der Waals surface area contributed by atoms with Crippen molar-refractivity contribution in [2.45, 2.75) is 0 Å². The molecule has 0 saturated heterocycles. The highest BCUT2D eigenvalue weighted by Crippen LogP contribution is 2.45. The van der Waals surface area contributed by atoms with Gasteiger partial charge in [0.25, 0.3) is 0 Å². The van der Waals surface area contributed by atoms with Crippen molar-refractivity contribution in [1.82, 2.24) is 9.55 Å². The van der Waals surface area contributed by atoms with E-state index in [1.807, 2.05) is 0 Å². The number of hydrogen-bond donors (Lipinski definition) is 0. The van der Waals surface area contributed by atoms with Gasteiger partial charge in [-0.05, 0) is 84.2 Å². The molecule has 0 N–H and O–H groups in total. The van der Waals surface area contributed by atoms with Crippen molar-refractivity contribution in [3.05, 3.63) is 146 Å². The summed E-state index contributed by atoms with van der Waals surface area (Å²) in [6.45, 7) is 0. The molecule has 0 aliphatic rings. The Kier molecular flexibility index (Phi) is 4.48. The molecule has 2 heteroatoms. The van der Waals surface area contributed by atoms with E-state index in [-0.39, 0.29) is 0 Å². The minimum absolute atomic E-state index is 0.927. The molecule has 2 heterocycles. The van der Waals surface area contributed by atoms with Crippen LogP contribution in [0.4, 0.5) is 0 Å². The van der Waals surface area contributed by atoms with Crippen LogP contribution >= 0.6 is 0 Å². The molecule has 2 nitrogen and oxygen atoms in total. The molecule has 0 amide bonds. The third kappa shape index (κ3) is 3.05. The molecule has 0 unspecified atom stereocenters. The van der Waals surface area contributed by atoms with Gasteiger partial charge in [-0.1, -0.05) is 115 Å². The van der Waals surface area contributed by atoms with E-state index in [4.69, 9.17) is 4.98 Å². The molecule has 0 aliphatic carbocycles. The fraction of sp³-hybridized carbons (Fsp3) is 0. The van der Waals surface area contributed by atoms with Crippen molar-refractivity contribution in [1.29, 1.82) is 0 Å². The van der Waals surface area contributed by atoms with Crippen molar-refractivity contribution < 1.29 is 0 Å². The molecule has 0 bridgehead atoms. The van der Waals surface area contributed by atoms with Crippen LogP contribution in [-0.4, -0.2) is 9.55 Å². The molecule has 0 aliphatic heterocycles. The predicted molar refractivity (Wildman–Crippen MR) is 183 cm³/mol. The Hall–Kier alpha value is -5.73. The normalized spacial score (nSPS) is 12.2. The zero-order chi connectivity index (χ0) is 28.1. The minimum Gasteiger partial charge on any atom is -0.294 e. The van der Waals surface area contributed by atoms with Crippen molar-refractivity contribution in [3.8, 4) is 17.1 Å². The maximum atomic E-state index is 5.27. The maximum Gasteiger partial charge on any atom is 0.138 e. The lowest BCUT2D eigenvalue weighted by Gasteiger charge is -2.18. The average molecular weight is 545 g/mol. The summed E-state index contributed by atoms with van der Waals surface area (Å²) < 4.78 is 2.29. The highest BCUT2D eigenvalue weighted by molar-refractivity contribution is 6.40. The third-order valence-electron chi connectivity index (χ3n) is 9.33. The van der Waals surface area contributed by atoms with Gasteiger partial charge in [-0.2, -0.15) is 0 Å². The molecule has 0 spiro atoms. The van der Waals surface area contributed by atoms with Gasteiger partial charge in [-0.15, -0.1) is 0 Å². The second-order valence-electron chi connectivity index (χ2n) is 11.5. The number of rotatable bonds is 2. The summed E-state index contributed by atoms with van der Waals surface area (Å²) >= 11 is 0. The van der Waals surface area contributed by atoms with Gasteiger partial charge >= 0.3 is 0 Å². The second-order valence-corrected chi connectivity index (χ2v) is 11.5. The summed E-state index contributed by atoms with van der Waals surface area (Å²) in [5.41, 5.74) is 4.43. The number of aromatic nitrogens is 2. The van der Waals surface area contributed by atoms with E-state index in [1.165, 1.54) is 75.7 Å². The van der Waals surface area contributed by atoms with Crippen molar-refractivity contribution >= 4 is 75.7 Å². The zero-order valence-electron chi connectivity index (χ0n) is 23.3. The van der Waals surface area contributed by atoms with Crippen molar-refractivity contribution in [2.75, 3.05) is 0 Å². The van der Waals surface area contributed by atoms with Gasteiger partial charge in [0.2, 0.25) is 0 Å². The number of pyridine rings is 1. The van der Waals surface area contributed by atoms with Gasteiger partial charge in [-0.25, -0.2) is 4.98 Å². The van der Waals surface area contributed by atoms with Crippen LogP contribution in [0.2, 0.25) is 0 Å². The first-order valence-electron chi connectivity index (χ1n) is 14.8. The van der Waals surface area contributed by atoms with E-state index < -0.39 is 0 Å². The van der Waals surface area contributed by atoms with Gasteiger partial charge in [0.15, 0.2) is 0 Å². The third-order valence-corrected chi connectivity index (χ3v) is 9.33. The van der Waals surface area contributed by atoms with E-state index in [0.29, 0.717) is 0 Å². The Balaban J connectivity index is 1.26. The van der Waals surface area contributed by atoms with Gasteiger partial charge in [-0.3, -0.25) is 4.57 Å². The van der Waals surface area contributed by atoms with E-state index in [9.17, 15) is 0 Å². The predicted octanol–water partition coefficient (Wildman–Crippen LogP) is 11.0. The lowest BCUT2D eigenvalue weighted by Crippen LogP contribution is -1.98. The largest absolute Gasteiger partial charge is 0.294 e. The van der Waals surface area contributed by atoms with Gasteiger partial charge < -0.3 is 0 Å². The highest BCUT2D eigenvalue weighted by atomic mass is 15.1. The molecule has 10 aromatic rings. The van der Waals surface area contributed by atoms with Crippen LogP contribution in [0.1, 0.15) is 0 Å². The van der Waals surface area contributed by atoms with E-state index in [1.54, 1.807) is 0 Å². The molecule has 0 atom stereocenters. The van der Waals surface area contributed by atoms with Crippen LogP contribution in [0.3, 0.4) is 0 Å². The van der Waals surface area contributed by atoms with Gasteiger partial charge in [0.1, 0.15) is 5.82 Å². The Labute approximate surface area is 247 Å². The molecule has 0 fully saturated rings. The number of benzene rings is 8. The first kappa shape index (κ1) is 22.9. The minimum atomic E-state index is 0.927. The monoisotopic (exact) mass is 544 g/mol. The first-order chi connectivity index (χ1) is 21.3. The number of fused-ring (bicyclic) bond motifs is 9. The lowest BCUT2D eigenvalue weighted by atomic mass is 9.86. The van der Waals surface area contributed by atoms with E-state index >= 15 is 0 Å². The molecule has 8 aromatic carbocycles. The summed E-state index contributed by atoms with van der Waals surface area (Å²) in [6, 6.07) is 52.8. The second kappa shape index (κ2) is 8.40. The molecular weight excluding hydrogens is 520 g/mol. The van der Waals surface area contributed by atoms with Crippen LogP contribution in [0.5, 0.6) is 0 Å². The summed E-state index contributed by atoms with van der Waals surface area (Å²) in [7, 11) is 0. The van der Waals surface area contributed by atoms with Crippen molar-refractivity contribution in [3.63, 3.8) is 0 Å². The van der Waals surface area contributed by atoms with Crippen molar-refractivity contribution in [2.24, 2.45) is 0 Å². The number of para-hydroxylation sites is 2. The summed E-state index contributed by atoms with van der Waals surface area (Å²) in [4.78, 5) is 5.27. The molecule has 198 valence electrons. The SMILES string of the molecule is c1cc(-c2ccc3c(c2)c2cccc4c5ccccc5c5cccc3c5c42)nc(-n2c3ccccc3c3ccccc32)c1. The zero-order valence-corrected chi connectivity index (χ0v) is 23.3. The summed E-state index contributed by atoms with van der Waals surface area (Å²) in [5.74, 6) is 0.927. The van der Waals surface area contributed by atoms with E-state index in [2.05, 4.69) is 150 Å². The fourth-order valence-corrected chi connectivity index (χ4v) is 7.53. The van der Waals surface area contributed by atoms with Crippen LogP contribution in [0.15, 0.2) is 146 Å². The summed E-state index contributed by atoms with van der Waals surface area (Å²) in [6.07, 6.45) is 0. The topological polar surface area (TPSA) is 17.8 Å². The van der Waals surface area contributed by atoms with Crippen LogP contribution in [-0.2, 0) is 0 Å². The Bertz CT molecular complexity index is 2680. The fourth-order valence-electron chi connectivity index (χ4n) is 7.53. The van der Waals surface area contributed by atoms with Crippen LogP contribution < -0.4 is 0 Å². The molecule has 10 rings (SSSR count). The molecular formula is C41H24N2. The summed E-state index contributed by atoms with van der Waals surface area (Å²) in [5, 5.41) is 15.6. The maximum absolute atomic E-state index is 5.27. The number of nitrogens with zero attached hydrogens (tertiary/aromatic N) is 2. The van der Waals surface area contributed by atoms with Crippen LogP contribution in [0.25, 0.3) is 92.7 Å². The van der Waals surface area contributed by atoms with Gasteiger partial charge in [0, 0.05) is 16.3 Å². The smallest absolute Gasteiger partial charge is 0.138 e. The standard InChI is InChI=1S/C41H24N2/c1-2-11-27-26(10-1)31-14-7-16-33-28-23-22-25(24-35(28)34-17-8-15-32(27)41(34)40(31)33)36-18-9-21-39(42-36)43-37-19-5-3-12-29(37)30-13-4-6-20-38(30)43/h1-24H. The van der Waals surface area contributed by atoms with E-state index in [0.717, 1.165) is 17.1 Å².